The molecule has 1 aliphatic heterocycles. The molecule has 0 spiro atoms. The second-order valence-corrected chi connectivity index (χ2v) is 3.98. The van der Waals surface area contributed by atoms with Crippen LogP contribution in [0, 0.1) is 5.82 Å². The third-order valence-electron chi connectivity index (χ3n) is 2.40. The molecule has 1 amide bonds. The van der Waals surface area contributed by atoms with Crippen molar-refractivity contribution in [2.75, 3.05) is 6.54 Å². The van der Waals surface area contributed by atoms with Gasteiger partial charge in [-0.15, -0.1) is 0 Å². The molecular weight excluding hydrogens is 219 g/mol. The Balaban J connectivity index is 2.06. The van der Waals surface area contributed by atoms with E-state index in [2.05, 4.69) is 0 Å². The number of benzene rings is 1. The SMILES string of the molecule is NC1CN(Cc2ccc(F)c(Cl)c2)C1=O. The molecule has 1 aromatic carbocycles. The Morgan fingerprint density at radius 3 is 2.87 bits per heavy atom. The van der Waals surface area contributed by atoms with Gasteiger partial charge in [-0.1, -0.05) is 17.7 Å². The predicted molar refractivity (Wildman–Crippen MR) is 54.8 cm³/mol. The lowest BCUT2D eigenvalue weighted by Crippen LogP contribution is -2.60. The lowest BCUT2D eigenvalue weighted by atomic mass is 10.1. The van der Waals surface area contributed by atoms with Crippen molar-refractivity contribution < 1.29 is 9.18 Å². The topological polar surface area (TPSA) is 46.3 Å². The monoisotopic (exact) mass is 228 g/mol. The second kappa shape index (κ2) is 3.79. The first-order valence-electron chi connectivity index (χ1n) is 4.56. The molecule has 2 N–H and O–H groups in total. The van der Waals surface area contributed by atoms with E-state index in [9.17, 15) is 9.18 Å². The average molecular weight is 229 g/mol. The van der Waals surface area contributed by atoms with E-state index >= 15 is 0 Å². The summed E-state index contributed by atoms with van der Waals surface area (Å²) in [7, 11) is 0. The van der Waals surface area contributed by atoms with Crippen LogP contribution in [0.1, 0.15) is 5.56 Å². The van der Waals surface area contributed by atoms with Gasteiger partial charge in [0.1, 0.15) is 11.9 Å². The van der Waals surface area contributed by atoms with E-state index in [1.807, 2.05) is 0 Å². The van der Waals surface area contributed by atoms with E-state index in [-0.39, 0.29) is 17.0 Å². The van der Waals surface area contributed by atoms with Gasteiger partial charge in [0.25, 0.3) is 0 Å². The average Bonchev–Trinajstić information content (AvgIpc) is 2.22. The van der Waals surface area contributed by atoms with E-state index in [0.29, 0.717) is 13.1 Å². The van der Waals surface area contributed by atoms with Gasteiger partial charge in [-0.05, 0) is 17.7 Å². The number of likely N-dealkylation sites (tertiary alicyclic amines) is 1. The largest absolute Gasteiger partial charge is 0.335 e. The molecular formula is C10H10ClFN2O. The first-order valence-corrected chi connectivity index (χ1v) is 4.94. The molecule has 1 aromatic rings. The third-order valence-corrected chi connectivity index (χ3v) is 2.69. The summed E-state index contributed by atoms with van der Waals surface area (Å²) in [5.41, 5.74) is 6.25. The van der Waals surface area contributed by atoms with Gasteiger partial charge >= 0.3 is 0 Å². The number of rotatable bonds is 2. The molecule has 1 atom stereocenters. The Kier molecular flexibility index (Phi) is 2.63. The quantitative estimate of drug-likeness (QED) is 0.772. The zero-order valence-electron chi connectivity index (χ0n) is 7.91. The fourth-order valence-electron chi connectivity index (χ4n) is 1.53. The number of amides is 1. The molecule has 0 aliphatic carbocycles. The third kappa shape index (κ3) is 1.96. The zero-order valence-corrected chi connectivity index (χ0v) is 8.67. The van der Waals surface area contributed by atoms with E-state index < -0.39 is 5.82 Å². The lowest BCUT2D eigenvalue weighted by molar-refractivity contribution is -0.143. The van der Waals surface area contributed by atoms with Crippen LogP contribution in [-0.4, -0.2) is 23.4 Å². The fraction of sp³-hybridized carbons (Fsp3) is 0.300. The summed E-state index contributed by atoms with van der Waals surface area (Å²) in [6.45, 7) is 0.986. The first kappa shape index (κ1) is 10.4. The molecule has 0 radical (unpaired) electrons. The molecule has 0 aromatic heterocycles. The van der Waals surface area contributed by atoms with Crippen LogP contribution in [0.25, 0.3) is 0 Å². The molecule has 0 saturated carbocycles. The molecule has 15 heavy (non-hydrogen) atoms. The van der Waals surface area contributed by atoms with Gasteiger partial charge < -0.3 is 10.6 Å². The molecule has 2 rings (SSSR count). The maximum atomic E-state index is 12.8. The molecule has 1 heterocycles. The van der Waals surface area contributed by atoms with Crippen molar-refractivity contribution >= 4 is 17.5 Å². The predicted octanol–water partition coefficient (Wildman–Crippen LogP) is 1.15. The van der Waals surface area contributed by atoms with Crippen LogP contribution in [0.4, 0.5) is 4.39 Å². The highest BCUT2D eigenvalue weighted by atomic mass is 35.5. The van der Waals surface area contributed by atoms with E-state index in [0.717, 1.165) is 5.56 Å². The highest BCUT2D eigenvalue weighted by molar-refractivity contribution is 6.30. The van der Waals surface area contributed by atoms with Gasteiger partial charge in [0.05, 0.1) is 5.02 Å². The highest BCUT2D eigenvalue weighted by Crippen LogP contribution is 2.19. The molecule has 1 aliphatic rings. The smallest absolute Gasteiger partial charge is 0.241 e. The zero-order chi connectivity index (χ0) is 11.0. The summed E-state index contributed by atoms with van der Waals surface area (Å²) in [4.78, 5) is 12.8. The lowest BCUT2D eigenvalue weighted by Gasteiger charge is -2.36. The van der Waals surface area contributed by atoms with Crippen molar-refractivity contribution in [3.05, 3.63) is 34.6 Å². The summed E-state index contributed by atoms with van der Waals surface area (Å²) in [5, 5.41) is 0.0739. The summed E-state index contributed by atoms with van der Waals surface area (Å²) in [6, 6.07) is 4.05. The van der Waals surface area contributed by atoms with E-state index in [1.165, 1.54) is 12.1 Å². The standard InChI is InChI=1S/C10H10ClFN2O/c11-7-3-6(1-2-8(7)12)4-14-5-9(13)10(14)15/h1-3,9H,4-5,13H2. The normalized spacial score (nSPS) is 20.3. The fourth-order valence-corrected chi connectivity index (χ4v) is 1.73. The molecule has 0 bridgehead atoms. The van der Waals surface area contributed by atoms with Crippen molar-refractivity contribution in [3.8, 4) is 0 Å². The number of hydrogen-bond acceptors (Lipinski definition) is 2. The number of hydrogen-bond donors (Lipinski definition) is 1. The number of carbonyl (C=O) groups is 1. The molecule has 1 fully saturated rings. The second-order valence-electron chi connectivity index (χ2n) is 3.57. The number of nitrogens with two attached hydrogens (primary N) is 1. The van der Waals surface area contributed by atoms with Gasteiger partial charge in [0, 0.05) is 13.1 Å². The summed E-state index contributed by atoms with van der Waals surface area (Å²) < 4.78 is 12.8. The molecule has 5 heteroatoms. The maximum Gasteiger partial charge on any atom is 0.241 e. The number of β-lactam (4-membered cyclic amide) rings is 1. The van der Waals surface area contributed by atoms with Gasteiger partial charge in [-0.25, -0.2) is 4.39 Å². The Hall–Kier alpha value is -1.13. The summed E-state index contributed by atoms with van der Waals surface area (Å²) in [5.74, 6) is -0.525. The van der Waals surface area contributed by atoms with Crippen LogP contribution in [-0.2, 0) is 11.3 Å². The molecule has 3 nitrogen and oxygen atoms in total. The van der Waals surface area contributed by atoms with Crippen LogP contribution in [0.2, 0.25) is 5.02 Å². The van der Waals surface area contributed by atoms with Crippen molar-refractivity contribution in [1.82, 2.24) is 4.90 Å². The van der Waals surface area contributed by atoms with E-state index in [4.69, 9.17) is 17.3 Å². The first-order chi connectivity index (χ1) is 7.08. The summed E-state index contributed by atoms with van der Waals surface area (Å²) in [6.07, 6.45) is 0. The Bertz CT molecular complexity index is 410. The minimum atomic E-state index is -0.452. The van der Waals surface area contributed by atoms with Crippen molar-refractivity contribution in [2.24, 2.45) is 5.73 Å². The minimum absolute atomic E-state index is 0.0737. The van der Waals surface area contributed by atoms with Crippen LogP contribution in [0.15, 0.2) is 18.2 Å². The Labute approximate surface area is 91.6 Å². The van der Waals surface area contributed by atoms with Crippen molar-refractivity contribution in [2.45, 2.75) is 12.6 Å². The summed E-state index contributed by atoms with van der Waals surface area (Å²) >= 11 is 5.62. The van der Waals surface area contributed by atoms with Gasteiger partial charge in [-0.2, -0.15) is 0 Å². The number of nitrogens with zero attached hydrogens (tertiary/aromatic N) is 1. The number of halogens is 2. The number of carbonyl (C=O) groups excluding carboxylic acids is 1. The molecule has 80 valence electrons. The van der Waals surface area contributed by atoms with Crippen molar-refractivity contribution in [1.29, 1.82) is 0 Å². The van der Waals surface area contributed by atoms with Crippen LogP contribution in [0.3, 0.4) is 0 Å². The Morgan fingerprint density at radius 2 is 2.33 bits per heavy atom. The van der Waals surface area contributed by atoms with Crippen molar-refractivity contribution in [3.63, 3.8) is 0 Å². The molecule has 1 saturated heterocycles. The minimum Gasteiger partial charge on any atom is -0.335 e. The highest BCUT2D eigenvalue weighted by Gasteiger charge is 2.33. The van der Waals surface area contributed by atoms with Gasteiger partial charge in [0.2, 0.25) is 5.91 Å². The maximum absolute atomic E-state index is 12.8. The van der Waals surface area contributed by atoms with Crippen LogP contribution in [0.5, 0.6) is 0 Å². The van der Waals surface area contributed by atoms with Crippen LogP contribution >= 0.6 is 11.6 Å². The Morgan fingerprint density at radius 1 is 1.60 bits per heavy atom. The van der Waals surface area contributed by atoms with Gasteiger partial charge in [-0.3, -0.25) is 4.79 Å². The van der Waals surface area contributed by atoms with Gasteiger partial charge in [0.15, 0.2) is 0 Å². The van der Waals surface area contributed by atoms with E-state index in [1.54, 1.807) is 11.0 Å². The molecule has 1 unspecified atom stereocenters. The van der Waals surface area contributed by atoms with Crippen LogP contribution < -0.4 is 5.73 Å².